The van der Waals surface area contributed by atoms with E-state index >= 15 is 0 Å². The molecular formula is C21H30N2O5S. The zero-order valence-corrected chi connectivity index (χ0v) is 17.7. The van der Waals surface area contributed by atoms with E-state index in [0.29, 0.717) is 38.9 Å². The smallest absolute Gasteiger partial charge is 0.305 e. The van der Waals surface area contributed by atoms with E-state index < -0.39 is 10.0 Å². The first-order chi connectivity index (χ1) is 13.9. The summed E-state index contributed by atoms with van der Waals surface area (Å²) in [5, 5.41) is 4.15. The van der Waals surface area contributed by atoms with Crippen molar-refractivity contribution >= 4 is 28.0 Å². The number of rotatable bonds is 10. The molecule has 0 bridgehead atoms. The zero-order valence-electron chi connectivity index (χ0n) is 16.9. The van der Waals surface area contributed by atoms with Crippen LogP contribution in [0.2, 0.25) is 0 Å². The topological polar surface area (TPSA) is 92.8 Å². The average Bonchev–Trinajstić information content (AvgIpc) is 2.75. The summed E-state index contributed by atoms with van der Waals surface area (Å²) in [5.41, 5.74) is 0.830. The highest BCUT2D eigenvalue weighted by molar-refractivity contribution is 7.92. The van der Waals surface area contributed by atoms with Crippen molar-refractivity contribution in [3.8, 4) is 0 Å². The van der Waals surface area contributed by atoms with E-state index in [-0.39, 0.29) is 17.8 Å². The van der Waals surface area contributed by atoms with Gasteiger partial charge in [-0.1, -0.05) is 36.8 Å². The van der Waals surface area contributed by atoms with E-state index in [1.165, 1.54) is 16.8 Å². The molecular weight excluding hydrogens is 392 g/mol. The van der Waals surface area contributed by atoms with E-state index in [9.17, 15) is 18.0 Å². The number of ether oxygens (including phenoxy) is 1. The summed E-state index contributed by atoms with van der Waals surface area (Å²) >= 11 is 0. The Bertz CT molecular complexity index is 785. The van der Waals surface area contributed by atoms with E-state index in [0.717, 1.165) is 24.8 Å². The Balaban J connectivity index is 1.69. The fraction of sp³-hybridized carbons (Fsp3) is 0.524. The molecule has 1 fully saturated rings. The molecule has 1 saturated heterocycles. The Morgan fingerprint density at radius 1 is 1.14 bits per heavy atom. The second-order valence-electron chi connectivity index (χ2n) is 7.11. The summed E-state index contributed by atoms with van der Waals surface area (Å²) in [4.78, 5) is 23.3. The van der Waals surface area contributed by atoms with Gasteiger partial charge in [0.25, 0.3) is 0 Å². The number of nitrogens with one attached hydrogen (secondary N) is 1. The first kappa shape index (κ1) is 23.1. The third-order valence-electron chi connectivity index (χ3n) is 5.00. The lowest BCUT2D eigenvalue weighted by molar-refractivity contribution is -0.140. The number of nitrogens with zero attached hydrogens (tertiary/aromatic N) is 1. The minimum absolute atomic E-state index is 0.0187. The highest BCUT2D eigenvalue weighted by atomic mass is 32.2. The van der Waals surface area contributed by atoms with E-state index in [2.05, 4.69) is 10.1 Å². The van der Waals surface area contributed by atoms with Gasteiger partial charge in [-0.05, 0) is 37.3 Å². The molecule has 0 unspecified atom stereocenters. The summed E-state index contributed by atoms with van der Waals surface area (Å²) in [6.45, 7) is 1.26. The lowest BCUT2D eigenvalue weighted by Crippen LogP contribution is -2.42. The number of carbonyl (C=O) groups excluding carboxylic acids is 2. The molecule has 2 rings (SSSR count). The van der Waals surface area contributed by atoms with Crippen LogP contribution in [0.5, 0.6) is 0 Å². The van der Waals surface area contributed by atoms with Crippen LogP contribution >= 0.6 is 0 Å². The van der Waals surface area contributed by atoms with Gasteiger partial charge in [-0.15, -0.1) is 0 Å². The number of esters is 1. The molecule has 0 aromatic heterocycles. The summed E-state index contributed by atoms with van der Waals surface area (Å²) in [6, 6.07) is 9.28. The lowest BCUT2D eigenvalue weighted by atomic mass is 9.97. The maximum Gasteiger partial charge on any atom is 0.305 e. The molecule has 1 aliphatic rings. The third kappa shape index (κ3) is 7.98. The van der Waals surface area contributed by atoms with Crippen LogP contribution in [-0.2, 0) is 24.3 Å². The molecule has 0 atom stereocenters. The van der Waals surface area contributed by atoms with Gasteiger partial charge in [0.1, 0.15) is 0 Å². The van der Waals surface area contributed by atoms with E-state index in [1.807, 2.05) is 30.3 Å². The monoisotopic (exact) mass is 422 g/mol. The van der Waals surface area contributed by atoms with Gasteiger partial charge in [0.05, 0.1) is 7.11 Å². The van der Waals surface area contributed by atoms with Crippen LogP contribution in [-0.4, -0.2) is 51.3 Å². The molecule has 7 nitrogen and oxygen atoms in total. The van der Waals surface area contributed by atoms with Crippen molar-refractivity contribution in [3.05, 3.63) is 41.3 Å². The first-order valence-electron chi connectivity index (χ1n) is 10.00. The van der Waals surface area contributed by atoms with Gasteiger partial charge in [0.15, 0.2) is 0 Å². The van der Waals surface area contributed by atoms with Crippen LogP contribution in [0.4, 0.5) is 0 Å². The predicted molar refractivity (Wildman–Crippen MR) is 112 cm³/mol. The largest absolute Gasteiger partial charge is 0.469 e. The lowest BCUT2D eigenvalue weighted by Gasteiger charge is -2.29. The standard InChI is InChI=1S/C21H30N2O5S/c1-28-20(24)10-6-3-7-14-22-21(25)19-11-15-23(16-12-19)29(26,27)17-13-18-8-4-2-5-9-18/h2,4-5,8-9,13,17,19H,3,6-7,10-12,14-16H2,1H3,(H,22,25)/b17-13+. The van der Waals surface area contributed by atoms with Crippen LogP contribution in [0.1, 0.15) is 44.1 Å². The molecule has 0 spiro atoms. The van der Waals surface area contributed by atoms with Gasteiger partial charge in [-0.3, -0.25) is 9.59 Å². The Morgan fingerprint density at radius 3 is 2.48 bits per heavy atom. The number of benzene rings is 1. The number of hydrogen-bond donors (Lipinski definition) is 1. The molecule has 1 aliphatic heterocycles. The number of unbranched alkanes of at least 4 members (excludes halogenated alkanes) is 2. The summed E-state index contributed by atoms with van der Waals surface area (Å²) < 4.78 is 31.0. The van der Waals surface area contributed by atoms with Crippen molar-refractivity contribution in [3.63, 3.8) is 0 Å². The highest BCUT2D eigenvalue weighted by Gasteiger charge is 2.29. The summed E-state index contributed by atoms with van der Waals surface area (Å²) in [5.74, 6) is -0.390. The van der Waals surface area contributed by atoms with Crippen LogP contribution < -0.4 is 5.32 Å². The van der Waals surface area contributed by atoms with Gasteiger partial charge in [0, 0.05) is 37.4 Å². The minimum atomic E-state index is -3.48. The van der Waals surface area contributed by atoms with Crippen molar-refractivity contribution in [1.82, 2.24) is 9.62 Å². The quantitative estimate of drug-likeness (QED) is 0.462. The first-order valence-corrected chi connectivity index (χ1v) is 11.5. The molecule has 1 heterocycles. The Morgan fingerprint density at radius 2 is 1.83 bits per heavy atom. The molecule has 1 N–H and O–H groups in total. The summed E-state index contributed by atoms with van der Waals surface area (Å²) in [6.07, 6.45) is 5.43. The molecule has 1 aromatic carbocycles. The highest BCUT2D eigenvalue weighted by Crippen LogP contribution is 2.21. The molecule has 160 valence electrons. The molecule has 1 aromatic rings. The molecule has 1 amide bonds. The van der Waals surface area contributed by atoms with Gasteiger partial charge < -0.3 is 10.1 Å². The maximum atomic E-state index is 12.5. The number of piperidine rings is 1. The average molecular weight is 423 g/mol. The number of carbonyl (C=O) groups is 2. The van der Waals surface area contributed by atoms with Crippen LogP contribution in [0.25, 0.3) is 6.08 Å². The minimum Gasteiger partial charge on any atom is -0.469 e. The van der Waals surface area contributed by atoms with Gasteiger partial charge in [0.2, 0.25) is 15.9 Å². The van der Waals surface area contributed by atoms with Crippen LogP contribution in [0.15, 0.2) is 35.7 Å². The van der Waals surface area contributed by atoms with Gasteiger partial charge >= 0.3 is 5.97 Å². The Kier molecular flexibility index (Phi) is 9.34. The third-order valence-corrected chi connectivity index (χ3v) is 6.57. The van der Waals surface area contributed by atoms with E-state index in [4.69, 9.17) is 0 Å². The predicted octanol–water partition coefficient (Wildman–Crippen LogP) is 2.55. The van der Waals surface area contributed by atoms with Crippen molar-refractivity contribution in [2.24, 2.45) is 5.92 Å². The summed E-state index contributed by atoms with van der Waals surface area (Å²) in [7, 11) is -2.11. The Labute approximate surface area is 173 Å². The van der Waals surface area contributed by atoms with Crippen molar-refractivity contribution < 1.29 is 22.7 Å². The fourth-order valence-corrected chi connectivity index (χ4v) is 4.44. The van der Waals surface area contributed by atoms with Crippen LogP contribution in [0, 0.1) is 5.92 Å². The van der Waals surface area contributed by atoms with Crippen LogP contribution in [0.3, 0.4) is 0 Å². The maximum absolute atomic E-state index is 12.5. The number of sulfonamides is 1. The second-order valence-corrected chi connectivity index (χ2v) is 8.93. The molecule has 0 radical (unpaired) electrons. The molecule has 29 heavy (non-hydrogen) atoms. The number of methoxy groups -OCH3 is 1. The number of amides is 1. The Hall–Kier alpha value is -2.19. The van der Waals surface area contributed by atoms with Crippen molar-refractivity contribution in [2.45, 2.75) is 38.5 Å². The molecule has 8 heteroatoms. The number of hydrogen-bond acceptors (Lipinski definition) is 5. The molecule has 0 aliphatic carbocycles. The molecule has 0 saturated carbocycles. The second kappa shape index (κ2) is 11.7. The normalized spacial score (nSPS) is 16.0. The van der Waals surface area contributed by atoms with E-state index in [1.54, 1.807) is 6.08 Å². The van der Waals surface area contributed by atoms with Gasteiger partial charge in [-0.25, -0.2) is 8.42 Å². The zero-order chi connectivity index (χ0) is 21.1. The van der Waals surface area contributed by atoms with Crippen molar-refractivity contribution in [2.75, 3.05) is 26.7 Å². The van der Waals surface area contributed by atoms with Gasteiger partial charge in [-0.2, -0.15) is 4.31 Å². The van der Waals surface area contributed by atoms with Crippen molar-refractivity contribution in [1.29, 1.82) is 0 Å². The SMILES string of the molecule is COC(=O)CCCCCNC(=O)C1CCN(S(=O)(=O)/C=C/c2ccccc2)CC1. The fourth-order valence-electron chi connectivity index (χ4n) is 3.22.